The molecule has 2 fully saturated rings. The normalized spacial score (nSPS) is 27.4. The molecule has 3 heterocycles. The third-order valence-corrected chi connectivity index (χ3v) is 7.84. The molecule has 3 aromatic carbocycles. The van der Waals surface area contributed by atoms with E-state index in [1.165, 1.54) is 10.9 Å². The van der Waals surface area contributed by atoms with Gasteiger partial charge >= 0.3 is 0 Å². The molecule has 8 nitrogen and oxygen atoms in total. The van der Waals surface area contributed by atoms with Crippen LogP contribution in [0.2, 0.25) is 0 Å². The van der Waals surface area contributed by atoms with Gasteiger partial charge < -0.3 is 25.0 Å². The lowest BCUT2D eigenvalue weighted by Gasteiger charge is -2.54. The first kappa shape index (κ1) is 25.8. The van der Waals surface area contributed by atoms with Crippen molar-refractivity contribution in [2.45, 2.75) is 42.8 Å². The zero-order valence-corrected chi connectivity index (χ0v) is 20.8. The Bertz CT molecular complexity index is 1490. The van der Waals surface area contributed by atoms with E-state index in [-0.39, 0.29) is 11.3 Å². The Hall–Kier alpha value is -3.51. The third kappa shape index (κ3) is 4.45. The number of halogens is 3. The smallest absolute Gasteiger partial charge is 0.194 e. The van der Waals surface area contributed by atoms with Crippen molar-refractivity contribution in [1.82, 2.24) is 15.0 Å². The van der Waals surface area contributed by atoms with Crippen LogP contribution in [0.15, 0.2) is 60.8 Å². The number of benzene rings is 3. The van der Waals surface area contributed by atoms with Crippen LogP contribution in [-0.2, 0) is 4.74 Å². The van der Waals surface area contributed by atoms with E-state index in [9.17, 15) is 28.5 Å². The fourth-order valence-corrected chi connectivity index (χ4v) is 5.85. The summed E-state index contributed by atoms with van der Waals surface area (Å²) in [6.07, 6.45) is -1.18. The van der Waals surface area contributed by atoms with Crippen LogP contribution < -0.4 is 4.90 Å². The minimum absolute atomic E-state index is 0.0229. The van der Waals surface area contributed by atoms with E-state index < -0.39 is 54.0 Å². The highest BCUT2D eigenvalue weighted by Crippen LogP contribution is 2.43. The van der Waals surface area contributed by atoms with Crippen LogP contribution in [0.5, 0.6) is 0 Å². The second-order valence-electron chi connectivity index (χ2n) is 10.2. The van der Waals surface area contributed by atoms with Gasteiger partial charge in [-0.3, -0.25) is 0 Å². The molecule has 4 aromatic rings. The molecule has 2 aliphatic rings. The molecule has 0 saturated carbocycles. The first-order valence-corrected chi connectivity index (χ1v) is 12.7. The summed E-state index contributed by atoms with van der Waals surface area (Å²) in [5.74, 6) is -4.34. The van der Waals surface area contributed by atoms with Crippen molar-refractivity contribution < 1.29 is 33.2 Å². The Kier molecular flexibility index (Phi) is 6.54. The first-order chi connectivity index (χ1) is 18.8. The van der Waals surface area contributed by atoms with E-state index in [2.05, 4.69) is 21.3 Å². The minimum atomic E-state index is -1.59. The van der Waals surface area contributed by atoms with Gasteiger partial charge in [0.25, 0.3) is 0 Å². The molecule has 2 aliphatic heterocycles. The summed E-state index contributed by atoms with van der Waals surface area (Å²) in [4.78, 5) is 2.11. The lowest BCUT2D eigenvalue weighted by molar-refractivity contribution is -0.257. The Morgan fingerprint density at radius 3 is 2.49 bits per heavy atom. The van der Waals surface area contributed by atoms with Gasteiger partial charge in [0.05, 0.1) is 12.8 Å². The minimum Gasteiger partial charge on any atom is -0.394 e. The topological polar surface area (TPSA) is 104 Å². The molecule has 0 radical (unpaired) electrons. The number of rotatable bonds is 4. The van der Waals surface area contributed by atoms with Crippen LogP contribution in [0.4, 0.5) is 18.9 Å². The summed E-state index contributed by atoms with van der Waals surface area (Å²) < 4.78 is 48.5. The Balaban J connectivity index is 1.33. The number of nitrogens with zero attached hydrogens (tertiary/aromatic N) is 4. The SMILES string of the molecule is OC[C@H]1O[C@@]2(CCCN(c3ccc4ccccc4c3)C2)[C@H](O)[C@@H](n2cc(-c3cc(F)c(F)c(F)c3)nn2)[C@H]1O. The molecular formula is C28H27F3N4O4. The van der Waals surface area contributed by atoms with Gasteiger partial charge in [-0.2, -0.15) is 0 Å². The van der Waals surface area contributed by atoms with Gasteiger partial charge in [-0.15, -0.1) is 5.10 Å². The lowest BCUT2D eigenvalue weighted by atomic mass is 9.78. The van der Waals surface area contributed by atoms with Crippen molar-refractivity contribution in [3.63, 3.8) is 0 Å². The van der Waals surface area contributed by atoms with Crippen molar-refractivity contribution >= 4 is 16.5 Å². The predicted octanol–water partition coefficient (Wildman–Crippen LogP) is 3.21. The Morgan fingerprint density at radius 2 is 1.74 bits per heavy atom. The lowest BCUT2D eigenvalue weighted by Crippen LogP contribution is -2.67. The number of ether oxygens (including phenoxy) is 1. The molecule has 0 unspecified atom stereocenters. The Labute approximate surface area is 221 Å². The average Bonchev–Trinajstić information content (AvgIpc) is 3.43. The average molecular weight is 541 g/mol. The number of aromatic nitrogens is 3. The van der Waals surface area contributed by atoms with E-state index in [4.69, 9.17) is 4.74 Å². The van der Waals surface area contributed by atoms with Crippen LogP contribution in [-0.4, -0.2) is 73.9 Å². The molecule has 11 heteroatoms. The molecule has 6 rings (SSSR count). The summed E-state index contributed by atoms with van der Waals surface area (Å²) in [7, 11) is 0. The largest absolute Gasteiger partial charge is 0.394 e. The summed E-state index contributed by atoms with van der Waals surface area (Å²) in [6.45, 7) is 0.516. The molecule has 0 aliphatic carbocycles. The van der Waals surface area contributed by atoms with Gasteiger partial charge in [-0.05, 0) is 47.9 Å². The van der Waals surface area contributed by atoms with Crippen LogP contribution in [0.3, 0.4) is 0 Å². The van der Waals surface area contributed by atoms with Crippen molar-refractivity contribution in [2.75, 3.05) is 24.6 Å². The van der Waals surface area contributed by atoms with Crippen molar-refractivity contribution in [1.29, 1.82) is 0 Å². The summed E-state index contributed by atoms with van der Waals surface area (Å²) in [6, 6.07) is 14.6. The number of fused-ring (bicyclic) bond motifs is 1. The highest BCUT2D eigenvalue weighted by Gasteiger charge is 2.56. The number of aliphatic hydroxyl groups is 3. The molecule has 39 heavy (non-hydrogen) atoms. The van der Waals surface area contributed by atoms with E-state index in [0.29, 0.717) is 19.4 Å². The molecule has 0 bridgehead atoms. The maximum atomic E-state index is 13.8. The number of aliphatic hydroxyl groups excluding tert-OH is 3. The monoisotopic (exact) mass is 540 g/mol. The predicted molar refractivity (Wildman–Crippen MR) is 136 cm³/mol. The quantitative estimate of drug-likeness (QED) is 0.342. The first-order valence-electron chi connectivity index (χ1n) is 12.7. The highest BCUT2D eigenvalue weighted by molar-refractivity contribution is 5.85. The van der Waals surface area contributed by atoms with E-state index in [1.54, 1.807) is 0 Å². The molecule has 2 saturated heterocycles. The second-order valence-corrected chi connectivity index (χ2v) is 10.2. The fourth-order valence-electron chi connectivity index (χ4n) is 5.85. The van der Waals surface area contributed by atoms with Crippen LogP contribution >= 0.6 is 0 Å². The number of piperidine rings is 1. The van der Waals surface area contributed by atoms with Crippen LogP contribution in [0.25, 0.3) is 22.0 Å². The van der Waals surface area contributed by atoms with Gasteiger partial charge in [0.1, 0.15) is 35.6 Å². The summed E-state index contributed by atoms with van der Waals surface area (Å²) in [5, 5.41) is 42.9. The summed E-state index contributed by atoms with van der Waals surface area (Å²) >= 11 is 0. The standard InChI is InChI=1S/C28H27F3N4O4/c29-20-11-18(12-21(30)24(20)31)22-13-35(33-32-22)25-26(37)23(14-36)39-28(27(25)38)8-3-9-34(15-28)19-7-6-16-4-1-2-5-17(16)10-19/h1-2,4-7,10-13,23,25-27,36-38H,3,8-9,14-15H2/t23-,25+,26+,27-,28-/m1/s1. The number of hydrogen-bond donors (Lipinski definition) is 3. The second kappa shape index (κ2) is 9.91. The Morgan fingerprint density at radius 1 is 1.00 bits per heavy atom. The molecule has 204 valence electrons. The summed E-state index contributed by atoms with van der Waals surface area (Å²) in [5.41, 5.74) is -0.228. The van der Waals surface area contributed by atoms with Gasteiger partial charge in [0.15, 0.2) is 17.5 Å². The maximum absolute atomic E-state index is 13.8. The maximum Gasteiger partial charge on any atom is 0.194 e. The van der Waals surface area contributed by atoms with Gasteiger partial charge in [0, 0.05) is 24.3 Å². The van der Waals surface area contributed by atoms with Gasteiger partial charge in [0.2, 0.25) is 0 Å². The van der Waals surface area contributed by atoms with Crippen molar-refractivity contribution in [2.24, 2.45) is 0 Å². The van der Waals surface area contributed by atoms with Crippen molar-refractivity contribution in [3.05, 3.63) is 78.2 Å². The van der Waals surface area contributed by atoms with E-state index in [0.717, 1.165) is 35.1 Å². The molecule has 0 amide bonds. The van der Waals surface area contributed by atoms with E-state index >= 15 is 0 Å². The molecular weight excluding hydrogens is 513 g/mol. The van der Waals surface area contributed by atoms with Gasteiger partial charge in [-0.25, -0.2) is 17.9 Å². The van der Waals surface area contributed by atoms with E-state index in [1.807, 2.05) is 36.4 Å². The number of anilines is 1. The zero-order valence-electron chi connectivity index (χ0n) is 20.8. The van der Waals surface area contributed by atoms with Gasteiger partial charge in [-0.1, -0.05) is 35.5 Å². The van der Waals surface area contributed by atoms with Crippen LogP contribution in [0.1, 0.15) is 18.9 Å². The molecule has 1 aromatic heterocycles. The fraction of sp³-hybridized carbons (Fsp3) is 0.357. The molecule has 5 atom stereocenters. The molecule has 3 N–H and O–H groups in total. The van der Waals surface area contributed by atoms with Crippen molar-refractivity contribution in [3.8, 4) is 11.3 Å². The third-order valence-electron chi connectivity index (χ3n) is 7.84. The van der Waals surface area contributed by atoms with Crippen LogP contribution in [0, 0.1) is 17.5 Å². The zero-order chi connectivity index (χ0) is 27.3. The molecule has 1 spiro atoms. The number of hydrogen-bond acceptors (Lipinski definition) is 7. The highest BCUT2D eigenvalue weighted by atomic mass is 19.2.